The van der Waals surface area contributed by atoms with Gasteiger partial charge >= 0.3 is 0 Å². The van der Waals surface area contributed by atoms with Crippen LogP contribution in [0.5, 0.6) is 0 Å². The maximum absolute atomic E-state index is 5.94. The summed E-state index contributed by atoms with van der Waals surface area (Å²) in [4.78, 5) is 0. The van der Waals surface area contributed by atoms with Crippen molar-refractivity contribution < 1.29 is 0 Å². The molecule has 96 valence electrons. The van der Waals surface area contributed by atoms with Crippen LogP contribution in [-0.2, 0) is 0 Å². The number of hydrogen-bond donors (Lipinski definition) is 1. The average Bonchev–Trinajstić information content (AvgIpc) is 2.40. The molecule has 2 atom stereocenters. The molecule has 1 aromatic rings. The van der Waals surface area contributed by atoms with Crippen LogP contribution < -0.4 is 5.73 Å². The van der Waals surface area contributed by atoms with Crippen molar-refractivity contribution in [3.05, 3.63) is 35.9 Å². The van der Waals surface area contributed by atoms with Gasteiger partial charge in [0.05, 0.1) is 0 Å². The van der Waals surface area contributed by atoms with Gasteiger partial charge in [-0.3, -0.25) is 0 Å². The van der Waals surface area contributed by atoms with Gasteiger partial charge < -0.3 is 5.73 Å². The molecule has 0 radical (unpaired) electrons. The second kappa shape index (κ2) is 8.30. The lowest BCUT2D eigenvalue weighted by molar-refractivity contribution is 0.387. The van der Waals surface area contributed by atoms with E-state index in [9.17, 15) is 0 Å². The molecule has 1 nitrogen and oxygen atoms in total. The van der Waals surface area contributed by atoms with E-state index in [0.29, 0.717) is 5.92 Å². The molecule has 0 saturated heterocycles. The van der Waals surface area contributed by atoms with E-state index in [0.717, 1.165) is 12.5 Å². The molecule has 17 heavy (non-hydrogen) atoms. The predicted octanol–water partition coefficient (Wildman–Crippen LogP) is 4.34. The first-order chi connectivity index (χ1) is 8.31. The van der Waals surface area contributed by atoms with Gasteiger partial charge in [-0.25, -0.2) is 0 Å². The molecule has 0 heterocycles. The molecule has 0 fully saturated rings. The summed E-state index contributed by atoms with van der Waals surface area (Å²) in [6.07, 6.45) is 6.54. The van der Waals surface area contributed by atoms with Crippen LogP contribution in [0.2, 0.25) is 0 Å². The number of rotatable bonds is 8. The molecule has 1 heteroatoms. The number of hydrogen-bond acceptors (Lipinski definition) is 1. The molecular weight excluding hydrogens is 206 g/mol. The van der Waals surface area contributed by atoms with Crippen molar-refractivity contribution in [1.82, 2.24) is 0 Å². The summed E-state index contributed by atoms with van der Waals surface area (Å²) in [7, 11) is 0. The largest absolute Gasteiger partial charge is 0.330 e. The van der Waals surface area contributed by atoms with Gasteiger partial charge in [0.25, 0.3) is 0 Å². The molecular formula is C16H27N. The Hall–Kier alpha value is -0.820. The highest BCUT2D eigenvalue weighted by molar-refractivity contribution is 5.19. The zero-order chi connectivity index (χ0) is 12.5. The lowest BCUT2D eigenvalue weighted by Crippen LogP contribution is -2.16. The van der Waals surface area contributed by atoms with Crippen molar-refractivity contribution >= 4 is 0 Å². The quantitative estimate of drug-likeness (QED) is 0.710. The van der Waals surface area contributed by atoms with Gasteiger partial charge in [0, 0.05) is 0 Å². The summed E-state index contributed by atoms with van der Waals surface area (Å²) >= 11 is 0. The predicted molar refractivity (Wildman–Crippen MR) is 76.2 cm³/mol. The maximum atomic E-state index is 5.94. The zero-order valence-corrected chi connectivity index (χ0v) is 11.4. The third kappa shape index (κ3) is 4.91. The molecule has 0 amide bonds. The third-order valence-corrected chi connectivity index (χ3v) is 3.72. The second-order valence-corrected chi connectivity index (χ2v) is 5.00. The Morgan fingerprint density at radius 3 is 2.35 bits per heavy atom. The van der Waals surface area contributed by atoms with Gasteiger partial charge in [0.15, 0.2) is 0 Å². The molecule has 0 aliphatic rings. The molecule has 0 aliphatic carbocycles. The summed E-state index contributed by atoms with van der Waals surface area (Å²) < 4.78 is 0. The highest BCUT2D eigenvalue weighted by Gasteiger charge is 2.15. The molecule has 0 spiro atoms. The molecule has 1 rings (SSSR count). The molecule has 0 saturated carbocycles. The van der Waals surface area contributed by atoms with E-state index in [-0.39, 0.29) is 0 Å². The summed E-state index contributed by atoms with van der Waals surface area (Å²) in [5.41, 5.74) is 7.34. The Kier molecular flexibility index (Phi) is 6.95. The van der Waals surface area contributed by atoms with Crippen LogP contribution in [0.3, 0.4) is 0 Å². The number of unbranched alkanes of at least 4 members (excludes halogenated alkanes) is 1. The number of nitrogens with two attached hydrogens (primary N) is 1. The first kappa shape index (κ1) is 14.2. The van der Waals surface area contributed by atoms with Crippen molar-refractivity contribution in [2.24, 2.45) is 11.7 Å². The van der Waals surface area contributed by atoms with Crippen LogP contribution in [0.1, 0.15) is 57.4 Å². The number of benzene rings is 1. The Balaban J connectivity index is 2.56. The fraction of sp³-hybridized carbons (Fsp3) is 0.625. The normalized spacial score (nSPS) is 14.5. The third-order valence-electron chi connectivity index (χ3n) is 3.72. The molecule has 2 N–H and O–H groups in total. The Morgan fingerprint density at radius 1 is 1.12 bits per heavy atom. The van der Waals surface area contributed by atoms with Gasteiger partial charge in [0.1, 0.15) is 0 Å². The second-order valence-electron chi connectivity index (χ2n) is 5.00. The van der Waals surface area contributed by atoms with Crippen LogP contribution in [0.4, 0.5) is 0 Å². The van der Waals surface area contributed by atoms with Crippen molar-refractivity contribution in [3.8, 4) is 0 Å². The van der Waals surface area contributed by atoms with Crippen LogP contribution in [0.25, 0.3) is 0 Å². The fourth-order valence-electron chi connectivity index (χ4n) is 2.48. The highest BCUT2D eigenvalue weighted by Crippen LogP contribution is 2.27. The van der Waals surface area contributed by atoms with E-state index in [1.165, 1.54) is 37.7 Å². The Labute approximate surface area is 106 Å². The van der Waals surface area contributed by atoms with Crippen LogP contribution in [0, 0.1) is 5.92 Å². The first-order valence-electron chi connectivity index (χ1n) is 7.06. The molecule has 1 aromatic carbocycles. The van der Waals surface area contributed by atoms with Crippen molar-refractivity contribution in [2.75, 3.05) is 6.54 Å². The summed E-state index contributed by atoms with van der Waals surface area (Å²) in [6.45, 7) is 5.34. The Morgan fingerprint density at radius 2 is 1.82 bits per heavy atom. The minimum atomic E-state index is 0.540. The molecule has 0 aromatic heterocycles. The smallest absolute Gasteiger partial charge is 0.000813 e. The van der Waals surface area contributed by atoms with Crippen LogP contribution >= 0.6 is 0 Å². The van der Waals surface area contributed by atoms with Crippen LogP contribution in [0.15, 0.2) is 30.3 Å². The van der Waals surface area contributed by atoms with E-state index >= 15 is 0 Å². The monoisotopic (exact) mass is 233 g/mol. The standard InChI is InChI=1S/C16H27N/c1-3-5-9-14(4-2)12-16(13-17)15-10-7-6-8-11-15/h6-8,10-11,14,16H,3-5,9,12-13,17H2,1-2H3. The molecule has 2 unspecified atom stereocenters. The Bertz CT molecular complexity index is 281. The van der Waals surface area contributed by atoms with Gasteiger partial charge in [-0.15, -0.1) is 0 Å². The van der Waals surface area contributed by atoms with Crippen molar-refractivity contribution in [2.45, 2.75) is 51.9 Å². The minimum Gasteiger partial charge on any atom is -0.330 e. The maximum Gasteiger partial charge on any atom is -0.000813 e. The van der Waals surface area contributed by atoms with E-state index < -0.39 is 0 Å². The SMILES string of the molecule is CCCCC(CC)CC(CN)c1ccccc1. The summed E-state index contributed by atoms with van der Waals surface area (Å²) in [6, 6.07) is 10.7. The van der Waals surface area contributed by atoms with Crippen LogP contribution in [-0.4, -0.2) is 6.54 Å². The van der Waals surface area contributed by atoms with E-state index in [4.69, 9.17) is 5.73 Å². The van der Waals surface area contributed by atoms with E-state index in [1.54, 1.807) is 0 Å². The van der Waals surface area contributed by atoms with E-state index in [2.05, 4.69) is 44.2 Å². The van der Waals surface area contributed by atoms with Crippen molar-refractivity contribution in [1.29, 1.82) is 0 Å². The lowest BCUT2D eigenvalue weighted by Gasteiger charge is -2.22. The van der Waals surface area contributed by atoms with Gasteiger partial charge in [0.2, 0.25) is 0 Å². The van der Waals surface area contributed by atoms with Gasteiger partial charge in [-0.05, 0) is 30.4 Å². The van der Waals surface area contributed by atoms with Crippen molar-refractivity contribution in [3.63, 3.8) is 0 Å². The average molecular weight is 233 g/mol. The summed E-state index contributed by atoms with van der Waals surface area (Å²) in [5.74, 6) is 1.38. The van der Waals surface area contributed by atoms with E-state index in [1.807, 2.05) is 0 Å². The minimum absolute atomic E-state index is 0.540. The zero-order valence-electron chi connectivity index (χ0n) is 11.4. The summed E-state index contributed by atoms with van der Waals surface area (Å²) in [5, 5.41) is 0. The molecule has 0 bridgehead atoms. The highest BCUT2D eigenvalue weighted by atomic mass is 14.5. The topological polar surface area (TPSA) is 26.0 Å². The fourth-order valence-corrected chi connectivity index (χ4v) is 2.48. The van der Waals surface area contributed by atoms with Gasteiger partial charge in [-0.1, -0.05) is 69.9 Å². The first-order valence-corrected chi connectivity index (χ1v) is 7.06. The lowest BCUT2D eigenvalue weighted by atomic mass is 9.85. The molecule has 0 aliphatic heterocycles. The van der Waals surface area contributed by atoms with Gasteiger partial charge in [-0.2, -0.15) is 0 Å².